The number of hydrogen-bond acceptors (Lipinski definition) is 4. The Labute approximate surface area is 69.7 Å². The van der Waals surface area contributed by atoms with E-state index in [1.54, 1.807) is 12.4 Å². The van der Waals surface area contributed by atoms with Crippen LogP contribution in [-0.2, 0) is 0 Å². The van der Waals surface area contributed by atoms with Crippen molar-refractivity contribution in [1.29, 1.82) is 0 Å². The van der Waals surface area contributed by atoms with Gasteiger partial charge in [-0.15, -0.1) is 11.8 Å². The van der Waals surface area contributed by atoms with Gasteiger partial charge in [0.1, 0.15) is 5.04 Å². The number of aromatic nitrogens is 1. The normalized spacial score (nSPS) is 11.5. The molecule has 1 aromatic heterocycles. The van der Waals surface area contributed by atoms with E-state index in [0.29, 0.717) is 0 Å². The maximum atomic E-state index is 5.16. The van der Waals surface area contributed by atoms with Crippen LogP contribution in [0.1, 0.15) is 5.56 Å². The lowest BCUT2D eigenvalue weighted by Gasteiger charge is -1.98. The summed E-state index contributed by atoms with van der Waals surface area (Å²) in [6, 6.07) is 3.75. The Bertz CT molecular complexity index is 245. The molecular formula is C7H9N3S. The van der Waals surface area contributed by atoms with E-state index < -0.39 is 0 Å². The standard InChI is InChI=1S/C7H9N3S/c1-11-7(10-8)6-2-4-9-5-3-6/h2-5H,8H2,1H3/b10-7+. The molecule has 0 amide bonds. The Kier molecular flexibility index (Phi) is 2.92. The largest absolute Gasteiger partial charge is 0.322 e. The molecule has 0 aliphatic carbocycles. The molecule has 0 fully saturated rings. The van der Waals surface area contributed by atoms with E-state index in [2.05, 4.69) is 10.1 Å². The zero-order chi connectivity index (χ0) is 8.10. The van der Waals surface area contributed by atoms with Gasteiger partial charge in [0, 0.05) is 18.0 Å². The number of hydrazone groups is 1. The molecule has 0 spiro atoms. The van der Waals surface area contributed by atoms with Crippen molar-refractivity contribution < 1.29 is 0 Å². The first kappa shape index (κ1) is 8.07. The van der Waals surface area contributed by atoms with Crippen LogP contribution >= 0.6 is 11.8 Å². The molecule has 1 rings (SSSR count). The van der Waals surface area contributed by atoms with Gasteiger partial charge < -0.3 is 5.84 Å². The Morgan fingerprint density at radius 2 is 2.18 bits per heavy atom. The van der Waals surface area contributed by atoms with Crippen molar-refractivity contribution in [2.45, 2.75) is 0 Å². The van der Waals surface area contributed by atoms with Crippen LogP contribution in [0.3, 0.4) is 0 Å². The minimum atomic E-state index is 0.826. The van der Waals surface area contributed by atoms with E-state index in [-0.39, 0.29) is 0 Å². The van der Waals surface area contributed by atoms with Crippen LogP contribution in [0.15, 0.2) is 29.6 Å². The second-order valence-corrected chi connectivity index (χ2v) is 2.67. The molecule has 0 aliphatic heterocycles. The molecule has 2 N–H and O–H groups in total. The topological polar surface area (TPSA) is 51.3 Å². The summed E-state index contributed by atoms with van der Waals surface area (Å²) < 4.78 is 0. The second-order valence-electron chi connectivity index (χ2n) is 1.87. The second kappa shape index (κ2) is 3.98. The van der Waals surface area contributed by atoms with E-state index in [1.807, 2.05) is 18.4 Å². The smallest absolute Gasteiger partial charge is 0.123 e. The van der Waals surface area contributed by atoms with Crippen LogP contribution in [0.2, 0.25) is 0 Å². The van der Waals surface area contributed by atoms with E-state index in [0.717, 1.165) is 10.6 Å². The van der Waals surface area contributed by atoms with E-state index in [9.17, 15) is 0 Å². The fourth-order valence-corrected chi connectivity index (χ4v) is 1.22. The van der Waals surface area contributed by atoms with Gasteiger partial charge in [-0.25, -0.2) is 0 Å². The highest BCUT2D eigenvalue weighted by molar-refractivity contribution is 8.13. The van der Waals surface area contributed by atoms with Gasteiger partial charge >= 0.3 is 0 Å². The van der Waals surface area contributed by atoms with Crippen LogP contribution in [0, 0.1) is 0 Å². The van der Waals surface area contributed by atoms with Crippen LogP contribution in [0.5, 0.6) is 0 Å². The highest BCUT2D eigenvalue weighted by Crippen LogP contribution is 2.07. The summed E-state index contributed by atoms with van der Waals surface area (Å²) in [4.78, 5) is 3.89. The molecule has 0 radical (unpaired) electrons. The van der Waals surface area contributed by atoms with Crippen LogP contribution in [0.4, 0.5) is 0 Å². The number of thioether (sulfide) groups is 1. The van der Waals surface area contributed by atoms with Crippen LogP contribution < -0.4 is 5.84 Å². The van der Waals surface area contributed by atoms with Gasteiger partial charge in [0.05, 0.1) is 0 Å². The van der Waals surface area contributed by atoms with E-state index in [1.165, 1.54) is 11.8 Å². The fraction of sp³-hybridized carbons (Fsp3) is 0.143. The molecule has 0 unspecified atom stereocenters. The summed E-state index contributed by atoms with van der Waals surface area (Å²) in [6.07, 6.45) is 5.37. The predicted octanol–water partition coefficient (Wildman–Crippen LogP) is 1.06. The van der Waals surface area contributed by atoms with Crippen molar-refractivity contribution in [3.8, 4) is 0 Å². The third-order valence-corrected chi connectivity index (χ3v) is 1.97. The van der Waals surface area contributed by atoms with Crippen molar-refractivity contribution in [1.82, 2.24) is 4.98 Å². The first-order valence-corrected chi connectivity index (χ1v) is 4.33. The van der Waals surface area contributed by atoms with E-state index in [4.69, 9.17) is 5.84 Å². The number of hydrogen-bond donors (Lipinski definition) is 1. The average Bonchev–Trinajstić information content (AvgIpc) is 2.09. The summed E-state index contributed by atoms with van der Waals surface area (Å²) in [5.74, 6) is 5.16. The summed E-state index contributed by atoms with van der Waals surface area (Å²) in [7, 11) is 0. The lowest BCUT2D eigenvalue weighted by molar-refractivity contribution is 1.25. The number of nitrogens with zero attached hydrogens (tertiary/aromatic N) is 2. The average molecular weight is 167 g/mol. The van der Waals surface area contributed by atoms with Gasteiger partial charge in [0.15, 0.2) is 0 Å². The van der Waals surface area contributed by atoms with Crippen molar-refractivity contribution in [3.05, 3.63) is 30.1 Å². The molecule has 58 valence electrons. The van der Waals surface area contributed by atoms with Gasteiger partial charge in [-0.1, -0.05) is 0 Å². The molecule has 1 heterocycles. The van der Waals surface area contributed by atoms with Crippen LogP contribution in [-0.4, -0.2) is 16.3 Å². The summed E-state index contributed by atoms with van der Waals surface area (Å²) >= 11 is 1.52. The van der Waals surface area contributed by atoms with Crippen molar-refractivity contribution >= 4 is 16.8 Å². The molecule has 4 heteroatoms. The highest BCUT2D eigenvalue weighted by atomic mass is 32.2. The van der Waals surface area contributed by atoms with Gasteiger partial charge in [0.2, 0.25) is 0 Å². The summed E-state index contributed by atoms with van der Waals surface area (Å²) in [6.45, 7) is 0. The number of nitrogens with two attached hydrogens (primary N) is 1. The zero-order valence-electron chi connectivity index (χ0n) is 6.19. The van der Waals surface area contributed by atoms with Gasteiger partial charge in [0.25, 0.3) is 0 Å². The molecular weight excluding hydrogens is 158 g/mol. The molecule has 0 saturated carbocycles. The fourth-order valence-electron chi connectivity index (χ4n) is 0.740. The van der Waals surface area contributed by atoms with Crippen LogP contribution in [0.25, 0.3) is 0 Å². The van der Waals surface area contributed by atoms with Gasteiger partial charge in [-0.2, -0.15) is 5.10 Å². The molecule has 0 saturated heterocycles. The molecule has 0 bridgehead atoms. The van der Waals surface area contributed by atoms with Gasteiger partial charge in [-0.05, 0) is 18.4 Å². The monoisotopic (exact) mass is 167 g/mol. The van der Waals surface area contributed by atoms with Gasteiger partial charge in [-0.3, -0.25) is 4.98 Å². The molecule has 0 atom stereocenters. The Balaban J connectivity index is 2.92. The quantitative estimate of drug-likeness (QED) is 0.294. The Morgan fingerprint density at radius 3 is 2.64 bits per heavy atom. The minimum Gasteiger partial charge on any atom is -0.322 e. The highest BCUT2D eigenvalue weighted by Gasteiger charge is 1.98. The first-order chi connectivity index (χ1) is 5.38. The predicted molar refractivity (Wildman–Crippen MR) is 48.5 cm³/mol. The molecule has 0 aliphatic rings. The van der Waals surface area contributed by atoms with Crippen molar-refractivity contribution in [2.75, 3.05) is 6.26 Å². The SMILES string of the molecule is CS/C(=N/N)c1ccncc1. The maximum absolute atomic E-state index is 5.16. The number of rotatable bonds is 1. The third kappa shape index (κ3) is 1.94. The summed E-state index contributed by atoms with van der Waals surface area (Å²) in [5.41, 5.74) is 1.01. The van der Waals surface area contributed by atoms with Crippen molar-refractivity contribution in [3.63, 3.8) is 0 Å². The Hall–Kier alpha value is -1.03. The summed E-state index contributed by atoms with van der Waals surface area (Å²) in [5, 5.41) is 4.45. The molecule has 0 aromatic carbocycles. The lowest BCUT2D eigenvalue weighted by Crippen LogP contribution is -1.98. The molecule has 11 heavy (non-hydrogen) atoms. The Morgan fingerprint density at radius 1 is 1.55 bits per heavy atom. The molecule has 1 aromatic rings. The maximum Gasteiger partial charge on any atom is 0.123 e. The zero-order valence-corrected chi connectivity index (χ0v) is 7.01. The first-order valence-electron chi connectivity index (χ1n) is 3.10. The van der Waals surface area contributed by atoms with E-state index >= 15 is 0 Å². The minimum absolute atomic E-state index is 0.826. The molecule has 3 nitrogen and oxygen atoms in total. The lowest BCUT2D eigenvalue weighted by atomic mass is 10.3. The third-order valence-electron chi connectivity index (χ3n) is 1.24. The van der Waals surface area contributed by atoms with Crippen molar-refractivity contribution in [2.24, 2.45) is 10.9 Å². The number of pyridine rings is 1.